The minimum atomic E-state index is -3.79. The zero-order valence-electron chi connectivity index (χ0n) is 11.6. The van der Waals surface area contributed by atoms with E-state index in [0.29, 0.717) is 24.7 Å². The Bertz CT molecular complexity index is 568. The Balaban J connectivity index is 2.33. The summed E-state index contributed by atoms with van der Waals surface area (Å²) in [5.74, 6) is 0.906. The fraction of sp³-hybridized carbons (Fsp3) is 0.538. The molecule has 118 valence electrons. The maximum atomic E-state index is 12.5. The van der Waals surface area contributed by atoms with Gasteiger partial charge in [0.15, 0.2) is 11.5 Å². The van der Waals surface area contributed by atoms with Crippen LogP contribution in [0, 0.1) is 0 Å². The topological polar surface area (TPSA) is 96.3 Å². The summed E-state index contributed by atoms with van der Waals surface area (Å²) in [6.45, 7) is 0.218. The first-order chi connectivity index (χ1) is 10.1. The number of sulfonamides is 1. The minimum absolute atomic E-state index is 0.0497. The summed E-state index contributed by atoms with van der Waals surface area (Å²) < 4.78 is 37.0. The van der Waals surface area contributed by atoms with Crippen LogP contribution >= 0.6 is 0 Å². The van der Waals surface area contributed by atoms with Crippen molar-refractivity contribution < 1.29 is 28.1 Å². The first-order valence-corrected chi connectivity index (χ1v) is 8.15. The van der Waals surface area contributed by atoms with Crippen LogP contribution in [0.25, 0.3) is 0 Å². The van der Waals surface area contributed by atoms with Gasteiger partial charge >= 0.3 is 0 Å². The molecule has 0 unspecified atom stereocenters. The fourth-order valence-corrected chi connectivity index (χ4v) is 3.47. The summed E-state index contributed by atoms with van der Waals surface area (Å²) in [6, 6.07) is 4.41. The van der Waals surface area contributed by atoms with Crippen LogP contribution in [0.15, 0.2) is 23.1 Å². The van der Waals surface area contributed by atoms with Crippen molar-refractivity contribution in [3.05, 3.63) is 18.2 Å². The molecule has 21 heavy (non-hydrogen) atoms. The third-order valence-corrected chi connectivity index (χ3v) is 4.95. The largest absolute Gasteiger partial charge is 0.490 e. The van der Waals surface area contributed by atoms with Crippen LogP contribution in [0.4, 0.5) is 0 Å². The number of hydrogen-bond donors (Lipinski definition) is 2. The average Bonchev–Trinajstić information content (AvgIpc) is 2.71. The molecule has 2 rings (SSSR count). The third-order valence-electron chi connectivity index (χ3n) is 3.06. The first-order valence-electron chi connectivity index (χ1n) is 6.71. The predicted octanol–water partition coefficient (Wildman–Crippen LogP) is -0.177. The molecule has 0 fully saturated rings. The number of aliphatic hydroxyl groups is 2. The molecule has 0 atom stereocenters. The third kappa shape index (κ3) is 3.65. The van der Waals surface area contributed by atoms with Gasteiger partial charge < -0.3 is 19.7 Å². The van der Waals surface area contributed by atoms with Crippen LogP contribution in [-0.2, 0) is 10.0 Å². The molecule has 2 N–H and O–H groups in total. The standard InChI is InChI=1S/C13H19NO6S/c15-6-4-14(5-7-16)21(17,18)11-2-3-12-13(10-11)20-9-1-8-19-12/h2-3,10,15-16H,1,4-9H2. The number of benzene rings is 1. The highest BCUT2D eigenvalue weighted by Crippen LogP contribution is 2.32. The number of aliphatic hydroxyl groups excluding tert-OH is 2. The highest BCUT2D eigenvalue weighted by Gasteiger charge is 2.25. The van der Waals surface area contributed by atoms with Crippen molar-refractivity contribution in [2.75, 3.05) is 39.5 Å². The molecule has 0 amide bonds. The zero-order chi connectivity index (χ0) is 15.3. The average molecular weight is 317 g/mol. The van der Waals surface area contributed by atoms with Gasteiger partial charge in [0.05, 0.1) is 31.3 Å². The van der Waals surface area contributed by atoms with E-state index in [2.05, 4.69) is 0 Å². The van der Waals surface area contributed by atoms with Crippen LogP contribution < -0.4 is 9.47 Å². The van der Waals surface area contributed by atoms with Crippen molar-refractivity contribution in [2.45, 2.75) is 11.3 Å². The van der Waals surface area contributed by atoms with Gasteiger partial charge in [-0.15, -0.1) is 0 Å². The Morgan fingerprint density at radius 1 is 1.05 bits per heavy atom. The van der Waals surface area contributed by atoms with Crippen LogP contribution in [0.5, 0.6) is 11.5 Å². The van der Waals surface area contributed by atoms with E-state index in [9.17, 15) is 8.42 Å². The first kappa shape index (κ1) is 16.0. The number of rotatable bonds is 6. The minimum Gasteiger partial charge on any atom is -0.490 e. The van der Waals surface area contributed by atoms with Crippen molar-refractivity contribution >= 4 is 10.0 Å². The van der Waals surface area contributed by atoms with Crippen molar-refractivity contribution in [2.24, 2.45) is 0 Å². The molecular weight excluding hydrogens is 298 g/mol. The Morgan fingerprint density at radius 2 is 1.67 bits per heavy atom. The second-order valence-electron chi connectivity index (χ2n) is 4.51. The van der Waals surface area contributed by atoms with Crippen molar-refractivity contribution in [3.63, 3.8) is 0 Å². The van der Waals surface area contributed by atoms with Crippen LogP contribution in [0.3, 0.4) is 0 Å². The highest BCUT2D eigenvalue weighted by atomic mass is 32.2. The van der Waals surface area contributed by atoms with Gasteiger partial charge in [-0.2, -0.15) is 4.31 Å². The van der Waals surface area contributed by atoms with E-state index in [1.807, 2.05) is 0 Å². The molecule has 1 aromatic carbocycles. The Kier molecular flexibility index (Phi) is 5.40. The maximum absolute atomic E-state index is 12.5. The second-order valence-corrected chi connectivity index (χ2v) is 6.45. The molecule has 0 radical (unpaired) electrons. The number of fused-ring (bicyclic) bond motifs is 1. The van der Waals surface area contributed by atoms with E-state index in [1.165, 1.54) is 12.1 Å². The van der Waals surface area contributed by atoms with Crippen LogP contribution in [-0.4, -0.2) is 62.5 Å². The van der Waals surface area contributed by atoms with Gasteiger partial charge in [0, 0.05) is 25.6 Å². The molecule has 0 aromatic heterocycles. The van der Waals surface area contributed by atoms with E-state index in [4.69, 9.17) is 19.7 Å². The molecule has 1 aromatic rings. The predicted molar refractivity (Wildman–Crippen MR) is 75.0 cm³/mol. The lowest BCUT2D eigenvalue weighted by molar-refractivity contribution is 0.217. The molecule has 0 saturated heterocycles. The van der Waals surface area contributed by atoms with E-state index in [-0.39, 0.29) is 31.2 Å². The van der Waals surface area contributed by atoms with Gasteiger partial charge in [0.1, 0.15) is 0 Å². The smallest absolute Gasteiger partial charge is 0.243 e. The second kappa shape index (κ2) is 7.08. The summed E-state index contributed by atoms with van der Waals surface area (Å²) in [5, 5.41) is 17.9. The van der Waals surface area contributed by atoms with Gasteiger partial charge in [-0.3, -0.25) is 0 Å². The molecule has 0 aliphatic carbocycles. The van der Waals surface area contributed by atoms with E-state index in [0.717, 1.165) is 10.7 Å². The van der Waals surface area contributed by atoms with Gasteiger partial charge in [0.2, 0.25) is 10.0 Å². The SMILES string of the molecule is O=S(=O)(c1ccc2c(c1)OCCCO2)N(CCO)CCO. The number of hydrogen-bond acceptors (Lipinski definition) is 6. The lowest BCUT2D eigenvalue weighted by atomic mass is 10.3. The van der Waals surface area contributed by atoms with E-state index >= 15 is 0 Å². The Hall–Kier alpha value is -1.35. The molecule has 1 aliphatic heterocycles. The summed E-state index contributed by atoms with van der Waals surface area (Å²) >= 11 is 0. The lowest BCUT2D eigenvalue weighted by Crippen LogP contribution is -2.35. The lowest BCUT2D eigenvalue weighted by Gasteiger charge is -2.20. The molecule has 1 aliphatic rings. The number of nitrogens with zero attached hydrogens (tertiary/aromatic N) is 1. The number of ether oxygens (including phenoxy) is 2. The normalized spacial score (nSPS) is 15.0. The maximum Gasteiger partial charge on any atom is 0.243 e. The van der Waals surface area contributed by atoms with Crippen molar-refractivity contribution in [3.8, 4) is 11.5 Å². The van der Waals surface area contributed by atoms with Crippen molar-refractivity contribution in [1.82, 2.24) is 4.31 Å². The molecule has 0 saturated carbocycles. The zero-order valence-corrected chi connectivity index (χ0v) is 12.4. The molecule has 7 nitrogen and oxygen atoms in total. The van der Waals surface area contributed by atoms with Gasteiger partial charge in [0.25, 0.3) is 0 Å². The summed E-state index contributed by atoms with van der Waals surface area (Å²) in [5.41, 5.74) is 0. The summed E-state index contributed by atoms with van der Waals surface area (Å²) in [7, 11) is -3.79. The van der Waals surface area contributed by atoms with Crippen LogP contribution in [0.2, 0.25) is 0 Å². The van der Waals surface area contributed by atoms with Gasteiger partial charge in [-0.05, 0) is 12.1 Å². The quantitative estimate of drug-likeness (QED) is 0.756. The summed E-state index contributed by atoms with van der Waals surface area (Å²) in [4.78, 5) is 0.0497. The molecule has 8 heteroatoms. The fourth-order valence-electron chi connectivity index (χ4n) is 2.03. The van der Waals surface area contributed by atoms with E-state index < -0.39 is 10.0 Å². The van der Waals surface area contributed by atoms with Crippen molar-refractivity contribution in [1.29, 1.82) is 0 Å². The molecule has 0 spiro atoms. The molecular formula is C13H19NO6S. The monoisotopic (exact) mass is 317 g/mol. The Labute approximate surface area is 123 Å². The summed E-state index contributed by atoms with van der Waals surface area (Å²) in [6.07, 6.45) is 0.734. The molecule has 1 heterocycles. The Morgan fingerprint density at radius 3 is 2.29 bits per heavy atom. The van der Waals surface area contributed by atoms with Gasteiger partial charge in [-0.1, -0.05) is 0 Å². The van der Waals surface area contributed by atoms with E-state index in [1.54, 1.807) is 6.07 Å². The van der Waals surface area contributed by atoms with Gasteiger partial charge in [-0.25, -0.2) is 8.42 Å². The highest BCUT2D eigenvalue weighted by molar-refractivity contribution is 7.89. The van der Waals surface area contributed by atoms with Crippen LogP contribution in [0.1, 0.15) is 6.42 Å². The molecule has 0 bridgehead atoms.